The maximum absolute atomic E-state index is 12.8. The first-order chi connectivity index (χ1) is 11.5. The van der Waals surface area contributed by atoms with Crippen molar-refractivity contribution in [1.82, 2.24) is 9.80 Å². The Morgan fingerprint density at radius 3 is 2.29 bits per heavy atom. The van der Waals surface area contributed by atoms with Crippen molar-refractivity contribution in [3.63, 3.8) is 0 Å². The first-order valence-electron chi connectivity index (χ1n) is 8.76. The van der Waals surface area contributed by atoms with E-state index in [1.165, 1.54) is 4.90 Å². The van der Waals surface area contributed by atoms with Gasteiger partial charge in [-0.25, -0.2) is 4.79 Å². The molecule has 2 fully saturated rings. The summed E-state index contributed by atoms with van der Waals surface area (Å²) in [4.78, 5) is 39.6. The topological polar surface area (TPSA) is 130 Å². The molecule has 8 nitrogen and oxygen atoms in total. The summed E-state index contributed by atoms with van der Waals surface area (Å²) in [6.45, 7) is 1.51. The van der Waals surface area contributed by atoms with Gasteiger partial charge < -0.3 is 26.4 Å². The number of carbonyl (C=O) groups is 3. The standard InChI is InChI=1S/C16H28N4O4/c17-8-2-1-5-11(18)14(21)19-9-3-6-12(19)15(22)20-10-4-7-13(20)16(23)24/h11-13H,1-10,17-18H2,(H,23,24)/t11-,12-,13-/m0/s1. The van der Waals surface area contributed by atoms with Crippen LogP contribution in [0.25, 0.3) is 0 Å². The third-order valence-corrected chi connectivity index (χ3v) is 4.93. The van der Waals surface area contributed by atoms with Crippen molar-refractivity contribution in [2.24, 2.45) is 11.5 Å². The molecule has 3 atom stereocenters. The van der Waals surface area contributed by atoms with Gasteiger partial charge in [0.05, 0.1) is 6.04 Å². The number of nitrogens with two attached hydrogens (primary N) is 2. The molecule has 0 aromatic heterocycles. The number of nitrogens with zero attached hydrogens (tertiary/aromatic N) is 2. The number of likely N-dealkylation sites (tertiary alicyclic amines) is 2. The molecule has 0 aromatic rings. The number of unbranched alkanes of at least 4 members (excludes halogenated alkanes) is 1. The molecule has 0 aliphatic carbocycles. The van der Waals surface area contributed by atoms with Gasteiger partial charge in [0.15, 0.2) is 0 Å². The third kappa shape index (κ3) is 4.05. The predicted octanol–water partition coefficient (Wildman–Crippen LogP) is -0.491. The molecule has 0 radical (unpaired) electrons. The molecular weight excluding hydrogens is 312 g/mol. The summed E-state index contributed by atoms with van der Waals surface area (Å²) in [6.07, 6.45) is 4.61. The van der Waals surface area contributed by atoms with E-state index in [9.17, 15) is 19.5 Å². The molecule has 136 valence electrons. The molecule has 0 bridgehead atoms. The Bertz CT molecular complexity index is 485. The minimum absolute atomic E-state index is 0.214. The molecule has 0 unspecified atom stereocenters. The van der Waals surface area contributed by atoms with E-state index in [4.69, 9.17) is 11.5 Å². The van der Waals surface area contributed by atoms with E-state index in [1.54, 1.807) is 4.90 Å². The van der Waals surface area contributed by atoms with E-state index >= 15 is 0 Å². The average molecular weight is 340 g/mol. The zero-order valence-electron chi connectivity index (χ0n) is 14.0. The molecule has 24 heavy (non-hydrogen) atoms. The number of carboxylic acids is 1. The fourth-order valence-electron chi connectivity index (χ4n) is 3.61. The summed E-state index contributed by atoms with van der Waals surface area (Å²) in [5.41, 5.74) is 11.4. The van der Waals surface area contributed by atoms with Gasteiger partial charge in [-0.15, -0.1) is 0 Å². The van der Waals surface area contributed by atoms with Crippen molar-refractivity contribution < 1.29 is 19.5 Å². The van der Waals surface area contributed by atoms with Crippen LogP contribution in [0.3, 0.4) is 0 Å². The van der Waals surface area contributed by atoms with Gasteiger partial charge in [-0.3, -0.25) is 9.59 Å². The number of hydrogen-bond donors (Lipinski definition) is 3. The van der Waals surface area contributed by atoms with Crippen LogP contribution in [0.15, 0.2) is 0 Å². The molecular formula is C16H28N4O4. The molecule has 0 saturated carbocycles. The van der Waals surface area contributed by atoms with Gasteiger partial charge in [-0.05, 0) is 45.1 Å². The molecule has 2 heterocycles. The Morgan fingerprint density at radius 2 is 1.67 bits per heavy atom. The van der Waals surface area contributed by atoms with Gasteiger partial charge >= 0.3 is 5.97 Å². The van der Waals surface area contributed by atoms with Crippen molar-refractivity contribution in [2.75, 3.05) is 19.6 Å². The molecule has 2 rings (SSSR count). The van der Waals surface area contributed by atoms with Crippen LogP contribution in [-0.2, 0) is 14.4 Å². The number of carboxylic acid groups (broad SMARTS) is 1. The summed E-state index contributed by atoms with van der Waals surface area (Å²) in [7, 11) is 0. The lowest BCUT2D eigenvalue weighted by atomic mass is 10.1. The van der Waals surface area contributed by atoms with Crippen LogP contribution in [0.2, 0.25) is 0 Å². The smallest absolute Gasteiger partial charge is 0.326 e. The first kappa shape index (κ1) is 18.7. The predicted molar refractivity (Wildman–Crippen MR) is 88.0 cm³/mol. The highest BCUT2D eigenvalue weighted by molar-refractivity contribution is 5.92. The Balaban J connectivity index is 2.00. The van der Waals surface area contributed by atoms with Crippen molar-refractivity contribution in [3.8, 4) is 0 Å². The van der Waals surface area contributed by atoms with Crippen LogP contribution in [0, 0.1) is 0 Å². The van der Waals surface area contributed by atoms with E-state index in [2.05, 4.69) is 0 Å². The summed E-state index contributed by atoms with van der Waals surface area (Å²) < 4.78 is 0. The normalized spacial score (nSPS) is 25.1. The molecule has 2 amide bonds. The Hall–Kier alpha value is -1.67. The Labute approximate surface area is 142 Å². The van der Waals surface area contributed by atoms with Crippen LogP contribution in [0.5, 0.6) is 0 Å². The number of hydrogen-bond acceptors (Lipinski definition) is 5. The van der Waals surface area contributed by atoms with E-state index in [0.29, 0.717) is 45.3 Å². The minimum Gasteiger partial charge on any atom is -0.480 e. The Morgan fingerprint density at radius 1 is 1.04 bits per heavy atom. The summed E-state index contributed by atoms with van der Waals surface area (Å²) in [5, 5.41) is 9.25. The van der Waals surface area contributed by atoms with Gasteiger partial charge in [0.2, 0.25) is 11.8 Å². The van der Waals surface area contributed by atoms with Crippen LogP contribution >= 0.6 is 0 Å². The zero-order valence-corrected chi connectivity index (χ0v) is 14.0. The van der Waals surface area contributed by atoms with Crippen molar-refractivity contribution in [3.05, 3.63) is 0 Å². The van der Waals surface area contributed by atoms with Crippen LogP contribution in [0.1, 0.15) is 44.9 Å². The maximum atomic E-state index is 12.8. The largest absolute Gasteiger partial charge is 0.480 e. The van der Waals surface area contributed by atoms with Crippen LogP contribution in [0.4, 0.5) is 0 Å². The highest BCUT2D eigenvalue weighted by Gasteiger charge is 2.42. The van der Waals surface area contributed by atoms with Gasteiger partial charge in [0.1, 0.15) is 12.1 Å². The molecule has 0 aromatic carbocycles. The van der Waals surface area contributed by atoms with Crippen LogP contribution < -0.4 is 11.5 Å². The van der Waals surface area contributed by atoms with Gasteiger partial charge in [0.25, 0.3) is 0 Å². The summed E-state index contributed by atoms with van der Waals surface area (Å²) in [6, 6.07) is -1.97. The Kier molecular flexibility index (Phi) is 6.56. The zero-order chi connectivity index (χ0) is 17.7. The van der Waals surface area contributed by atoms with Crippen molar-refractivity contribution in [2.45, 2.75) is 63.1 Å². The van der Waals surface area contributed by atoms with E-state index in [-0.39, 0.29) is 11.8 Å². The number of amides is 2. The second kappa shape index (κ2) is 8.43. The van der Waals surface area contributed by atoms with E-state index in [0.717, 1.165) is 19.3 Å². The van der Waals surface area contributed by atoms with Crippen LogP contribution in [-0.4, -0.2) is 70.4 Å². The maximum Gasteiger partial charge on any atom is 0.326 e. The van der Waals surface area contributed by atoms with Crippen molar-refractivity contribution >= 4 is 17.8 Å². The second-order valence-corrected chi connectivity index (χ2v) is 6.61. The number of carbonyl (C=O) groups excluding carboxylic acids is 2. The molecule has 5 N–H and O–H groups in total. The number of aliphatic carboxylic acids is 1. The van der Waals surface area contributed by atoms with Gasteiger partial charge in [-0.2, -0.15) is 0 Å². The average Bonchev–Trinajstić information content (AvgIpc) is 3.22. The molecule has 2 aliphatic rings. The van der Waals surface area contributed by atoms with Gasteiger partial charge in [-0.1, -0.05) is 6.42 Å². The lowest BCUT2D eigenvalue weighted by Crippen LogP contribution is -2.53. The number of rotatable bonds is 7. The summed E-state index contributed by atoms with van der Waals surface area (Å²) in [5.74, 6) is -1.44. The second-order valence-electron chi connectivity index (χ2n) is 6.61. The fourth-order valence-corrected chi connectivity index (χ4v) is 3.61. The van der Waals surface area contributed by atoms with E-state index in [1.807, 2.05) is 0 Å². The quantitative estimate of drug-likeness (QED) is 0.536. The molecule has 8 heteroatoms. The molecule has 0 spiro atoms. The van der Waals surface area contributed by atoms with Gasteiger partial charge in [0, 0.05) is 13.1 Å². The highest BCUT2D eigenvalue weighted by Crippen LogP contribution is 2.25. The summed E-state index contributed by atoms with van der Waals surface area (Å²) >= 11 is 0. The minimum atomic E-state index is -0.977. The molecule has 2 saturated heterocycles. The first-order valence-corrected chi connectivity index (χ1v) is 8.76. The van der Waals surface area contributed by atoms with Crippen molar-refractivity contribution in [1.29, 1.82) is 0 Å². The lowest BCUT2D eigenvalue weighted by molar-refractivity contribution is -0.152. The molecule has 2 aliphatic heterocycles. The SMILES string of the molecule is NCCCC[C@H](N)C(=O)N1CCC[C@H]1C(=O)N1CCC[C@H]1C(=O)O. The highest BCUT2D eigenvalue weighted by atomic mass is 16.4. The van der Waals surface area contributed by atoms with E-state index < -0.39 is 24.1 Å². The lowest BCUT2D eigenvalue weighted by Gasteiger charge is -2.31. The monoisotopic (exact) mass is 340 g/mol. The third-order valence-electron chi connectivity index (χ3n) is 4.93. The fraction of sp³-hybridized carbons (Fsp3) is 0.812.